The van der Waals surface area contributed by atoms with Crippen molar-refractivity contribution in [2.45, 2.75) is 0 Å². The Hall–Kier alpha value is -3.70. The highest BCUT2D eigenvalue weighted by Gasteiger charge is 2.25. The number of anilines is 1. The first-order chi connectivity index (χ1) is 16.0. The Balaban J connectivity index is 1.35. The van der Waals surface area contributed by atoms with Crippen molar-refractivity contribution >= 4 is 51.4 Å². The minimum absolute atomic E-state index is 0.298. The number of aromatic nitrogens is 4. The largest absolute Gasteiger partial charge is 0.435 e. The van der Waals surface area contributed by atoms with Crippen LogP contribution in [0.4, 0.5) is 10.5 Å². The number of piperazine rings is 1. The lowest BCUT2D eigenvalue weighted by Gasteiger charge is -2.33. The lowest BCUT2D eigenvalue weighted by atomic mass is 10.2. The number of benzene rings is 1. The van der Waals surface area contributed by atoms with E-state index in [1.54, 1.807) is 28.9 Å². The van der Waals surface area contributed by atoms with Crippen LogP contribution in [0.3, 0.4) is 0 Å². The van der Waals surface area contributed by atoms with Gasteiger partial charge >= 0.3 is 0 Å². The zero-order valence-corrected chi connectivity index (χ0v) is 18.5. The van der Waals surface area contributed by atoms with Crippen molar-refractivity contribution in [2.75, 3.05) is 38.1 Å². The maximum atomic E-state index is 11.8. The lowest BCUT2D eigenvalue weighted by molar-refractivity contribution is -0.115. The molecule has 2 aliphatic rings. The van der Waals surface area contributed by atoms with Gasteiger partial charge in [-0.05, 0) is 49.2 Å². The number of thioether (sulfide) groups is 1. The number of carbonyl (C=O) groups is 2. The van der Waals surface area contributed by atoms with Crippen molar-refractivity contribution < 1.29 is 14.0 Å². The Labute approximate surface area is 192 Å². The summed E-state index contributed by atoms with van der Waals surface area (Å²) in [7, 11) is 2.13. The standard InChI is InChI=1S/C22H19N7O3S/c1-27-6-8-28(9-7-27)14-3-4-15-17(11-14)32-21(24-15)16-12-23-19-5-2-13(26-29(16)19)10-18-20(30)25-22(31)33-18/h2-5,10-12H,6-9H2,1H3,(H,25,30,31). The van der Waals surface area contributed by atoms with Crippen molar-refractivity contribution in [3.05, 3.63) is 47.1 Å². The molecule has 0 unspecified atom stereocenters. The third kappa shape index (κ3) is 3.64. The molecule has 4 aromatic rings. The number of nitrogens with one attached hydrogen (secondary N) is 1. The van der Waals surface area contributed by atoms with E-state index in [1.807, 2.05) is 12.1 Å². The van der Waals surface area contributed by atoms with Gasteiger partial charge in [0.1, 0.15) is 11.2 Å². The van der Waals surface area contributed by atoms with Crippen molar-refractivity contribution in [2.24, 2.45) is 0 Å². The van der Waals surface area contributed by atoms with Gasteiger partial charge in [-0.3, -0.25) is 14.9 Å². The molecule has 1 N–H and O–H groups in total. The third-order valence-corrected chi connectivity index (χ3v) is 6.57. The zero-order valence-electron chi connectivity index (χ0n) is 17.7. The smallest absolute Gasteiger partial charge is 0.290 e. The van der Waals surface area contributed by atoms with Gasteiger partial charge in [-0.25, -0.2) is 14.5 Å². The molecular formula is C22H19N7O3S. The Morgan fingerprint density at radius 3 is 2.76 bits per heavy atom. The number of carbonyl (C=O) groups excluding carboxylic acids is 2. The predicted molar refractivity (Wildman–Crippen MR) is 125 cm³/mol. The molecule has 2 fully saturated rings. The number of imide groups is 1. The molecule has 2 amide bonds. The van der Waals surface area contributed by atoms with Gasteiger partial charge in [-0.1, -0.05) is 0 Å². The van der Waals surface area contributed by atoms with Gasteiger partial charge in [0.25, 0.3) is 11.1 Å². The van der Waals surface area contributed by atoms with E-state index in [2.05, 4.69) is 43.3 Å². The van der Waals surface area contributed by atoms with Gasteiger partial charge in [0.15, 0.2) is 11.2 Å². The number of nitrogens with zero attached hydrogens (tertiary/aromatic N) is 6. The Morgan fingerprint density at radius 2 is 1.97 bits per heavy atom. The number of hydrogen-bond acceptors (Lipinski definition) is 9. The molecule has 0 atom stereocenters. The van der Waals surface area contributed by atoms with Gasteiger partial charge in [-0.2, -0.15) is 5.10 Å². The van der Waals surface area contributed by atoms with Crippen LogP contribution in [-0.4, -0.2) is 68.9 Å². The van der Waals surface area contributed by atoms with E-state index in [4.69, 9.17) is 4.42 Å². The van der Waals surface area contributed by atoms with Gasteiger partial charge in [-0.15, -0.1) is 0 Å². The molecule has 0 bridgehead atoms. The molecule has 3 aromatic heterocycles. The number of oxazole rings is 1. The second-order valence-corrected chi connectivity index (χ2v) is 9.00. The van der Waals surface area contributed by atoms with Crippen LogP contribution in [0.2, 0.25) is 0 Å². The van der Waals surface area contributed by atoms with E-state index >= 15 is 0 Å². The van der Waals surface area contributed by atoms with E-state index in [1.165, 1.54) is 0 Å². The summed E-state index contributed by atoms with van der Waals surface area (Å²) >= 11 is 0.852. The number of fused-ring (bicyclic) bond motifs is 2. The van der Waals surface area contributed by atoms with E-state index in [-0.39, 0.29) is 0 Å². The van der Waals surface area contributed by atoms with E-state index < -0.39 is 11.1 Å². The minimum Gasteiger partial charge on any atom is -0.435 e. The molecule has 11 heteroatoms. The SMILES string of the molecule is CN1CCN(c2ccc3nc(-c4cnc5ccc(C=C6SC(=O)NC6=O)nn45)oc3c2)CC1. The molecule has 10 nitrogen and oxygen atoms in total. The van der Waals surface area contributed by atoms with Crippen molar-refractivity contribution in [3.8, 4) is 11.6 Å². The summed E-state index contributed by atoms with van der Waals surface area (Å²) in [5.74, 6) is -0.0126. The quantitative estimate of drug-likeness (QED) is 0.461. The fraction of sp³-hybridized carbons (Fsp3) is 0.227. The van der Waals surface area contributed by atoms with Gasteiger partial charge in [0, 0.05) is 37.9 Å². The number of likely N-dealkylation sites (N-methyl/N-ethyl adjacent to an activating group) is 1. The Kier molecular flexibility index (Phi) is 4.66. The van der Waals surface area contributed by atoms with Crippen LogP contribution in [0.5, 0.6) is 0 Å². The monoisotopic (exact) mass is 461 g/mol. The van der Waals surface area contributed by atoms with E-state index in [0.717, 1.165) is 49.1 Å². The van der Waals surface area contributed by atoms with Crippen LogP contribution in [0, 0.1) is 0 Å². The number of amides is 2. The minimum atomic E-state index is -0.423. The van der Waals surface area contributed by atoms with E-state index in [0.29, 0.717) is 33.4 Å². The Morgan fingerprint density at radius 1 is 1.12 bits per heavy atom. The molecule has 0 spiro atoms. The summed E-state index contributed by atoms with van der Waals surface area (Å²) in [5.41, 5.74) is 4.31. The highest BCUT2D eigenvalue weighted by Crippen LogP contribution is 2.29. The van der Waals surface area contributed by atoms with Crippen LogP contribution < -0.4 is 10.2 Å². The zero-order chi connectivity index (χ0) is 22.5. The van der Waals surface area contributed by atoms with Crippen molar-refractivity contribution in [3.63, 3.8) is 0 Å². The van der Waals surface area contributed by atoms with E-state index in [9.17, 15) is 9.59 Å². The van der Waals surface area contributed by atoms with Crippen LogP contribution in [0.25, 0.3) is 34.4 Å². The maximum absolute atomic E-state index is 11.8. The van der Waals surface area contributed by atoms with Crippen molar-refractivity contribution in [1.82, 2.24) is 29.8 Å². The van der Waals surface area contributed by atoms with Gasteiger partial charge in [0.2, 0.25) is 5.89 Å². The summed E-state index contributed by atoms with van der Waals surface area (Å²) in [6, 6.07) is 9.59. The average Bonchev–Trinajstić information content (AvgIpc) is 3.49. The molecule has 0 radical (unpaired) electrons. The molecular weight excluding hydrogens is 442 g/mol. The molecule has 6 rings (SSSR count). The predicted octanol–water partition coefficient (Wildman–Crippen LogP) is 2.61. The summed E-state index contributed by atoms with van der Waals surface area (Å²) in [6.45, 7) is 4.00. The molecule has 2 aliphatic heterocycles. The highest BCUT2D eigenvalue weighted by molar-refractivity contribution is 8.18. The lowest BCUT2D eigenvalue weighted by Crippen LogP contribution is -2.44. The van der Waals surface area contributed by atoms with Gasteiger partial charge in [0.05, 0.1) is 16.8 Å². The molecule has 0 saturated carbocycles. The van der Waals surface area contributed by atoms with Crippen LogP contribution in [0.15, 0.2) is 45.9 Å². The topological polar surface area (TPSA) is 109 Å². The first-order valence-electron chi connectivity index (χ1n) is 10.5. The first kappa shape index (κ1) is 19.9. The maximum Gasteiger partial charge on any atom is 0.290 e. The molecule has 33 heavy (non-hydrogen) atoms. The van der Waals surface area contributed by atoms with Crippen LogP contribution in [0.1, 0.15) is 5.69 Å². The molecule has 1 aromatic carbocycles. The number of hydrogen-bond donors (Lipinski definition) is 1. The summed E-state index contributed by atoms with van der Waals surface area (Å²) < 4.78 is 7.72. The third-order valence-electron chi connectivity index (χ3n) is 5.76. The molecule has 5 heterocycles. The van der Waals surface area contributed by atoms with Gasteiger partial charge < -0.3 is 14.2 Å². The van der Waals surface area contributed by atoms with Crippen LogP contribution in [-0.2, 0) is 4.79 Å². The summed E-state index contributed by atoms with van der Waals surface area (Å²) in [6.07, 6.45) is 3.23. The summed E-state index contributed by atoms with van der Waals surface area (Å²) in [5, 5.41) is 6.41. The Bertz CT molecular complexity index is 1450. The number of rotatable bonds is 3. The summed E-state index contributed by atoms with van der Waals surface area (Å²) in [4.78, 5) is 37.3. The average molecular weight is 462 g/mol. The van der Waals surface area contributed by atoms with Crippen LogP contribution >= 0.6 is 11.8 Å². The highest BCUT2D eigenvalue weighted by atomic mass is 32.2. The molecule has 166 valence electrons. The fourth-order valence-electron chi connectivity index (χ4n) is 3.95. The normalized spacial score (nSPS) is 18.7. The second kappa shape index (κ2) is 7.71. The fourth-order valence-corrected chi connectivity index (χ4v) is 4.62. The first-order valence-corrected chi connectivity index (χ1v) is 11.3. The molecule has 0 aliphatic carbocycles. The van der Waals surface area contributed by atoms with Crippen molar-refractivity contribution in [1.29, 1.82) is 0 Å². The molecule has 2 saturated heterocycles. The second-order valence-electron chi connectivity index (χ2n) is 7.99. The number of imidazole rings is 1.